The first-order valence-corrected chi connectivity index (χ1v) is 10.7. The smallest absolute Gasteiger partial charge is 0.0684 e. The zero-order valence-electron chi connectivity index (χ0n) is 14.4. The predicted molar refractivity (Wildman–Crippen MR) is 102 cm³/mol. The van der Waals surface area contributed by atoms with E-state index in [1.165, 1.54) is 0 Å². The molecular formula is C19H24O4S2. The van der Waals surface area contributed by atoms with Gasteiger partial charge in [0.1, 0.15) is 0 Å². The van der Waals surface area contributed by atoms with Crippen molar-refractivity contribution in [3.63, 3.8) is 0 Å². The van der Waals surface area contributed by atoms with Gasteiger partial charge >= 0.3 is 0 Å². The number of benzene rings is 2. The number of hydrogen-bond acceptors (Lipinski definition) is 4. The summed E-state index contributed by atoms with van der Waals surface area (Å²) in [5.74, 6) is 0.106. The van der Waals surface area contributed by atoms with Gasteiger partial charge in [0.15, 0.2) is 0 Å². The predicted octanol–water partition coefficient (Wildman–Crippen LogP) is 2.33. The van der Waals surface area contributed by atoms with Crippen molar-refractivity contribution in [1.29, 1.82) is 0 Å². The van der Waals surface area contributed by atoms with E-state index in [-0.39, 0.29) is 17.9 Å². The zero-order valence-corrected chi connectivity index (χ0v) is 16.1. The third-order valence-electron chi connectivity index (χ3n) is 3.80. The summed E-state index contributed by atoms with van der Waals surface area (Å²) in [6, 6.07) is 14.6. The van der Waals surface area contributed by atoms with Gasteiger partial charge in [-0.25, -0.2) is 0 Å². The molecule has 0 amide bonds. The zero-order chi connectivity index (χ0) is 18.4. The van der Waals surface area contributed by atoms with Gasteiger partial charge in [0.25, 0.3) is 0 Å². The molecule has 136 valence electrons. The SMILES string of the molecule is Cc1ccc(S(=O)C[C@@H](O)C[C@H](O)CS(=O)c2ccc(C)cc2)cc1. The largest absolute Gasteiger partial charge is 0.392 e. The standard InChI is InChI=1S/C19H24O4S2/c1-14-3-7-18(8-4-14)24(22)12-16(20)11-17(21)13-25(23)19-9-5-15(2)6-10-19/h3-10,16-17,20-21H,11-13H2,1-2H3/t16-,17-,24?,25?/m0/s1. The molecule has 0 fully saturated rings. The summed E-state index contributed by atoms with van der Waals surface area (Å²) >= 11 is 0. The highest BCUT2D eigenvalue weighted by molar-refractivity contribution is 7.85. The fourth-order valence-electron chi connectivity index (χ4n) is 2.37. The lowest BCUT2D eigenvalue weighted by Crippen LogP contribution is -2.27. The fourth-order valence-corrected chi connectivity index (χ4v) is 4.61. The number of aryl methyl sites for hydroxylation is 2. The quantitative estimate of drug-likeness (QED) is 0.737. The van der Waals surface area contributed by atoms with Crippen LogP contribution in [0.3, 0.4) is 0 Å². The molecule has 0 spiro atoms. The molecule has 0 heterocycles. The van der Waals surface area contributed by atoms with Gasteiger partial charge in [-0.05, 0) is 38.1 Å². The van der Waals surface area contributed by atoms with Crippen LogP contribution in [-0.2, 0) is 21.6 Å². The first-order valence-electron chi connectivity index (χ1n) is 8.11. The van der Waals surface area contributed by atoms with Crippen LogP contribution in [0.2, 0.25) is 0 Å². The average molecular weight is 381 g/mol. The minimum Gasteiger partial charge on any atom is -0.392 e. The second-order valence-electron chi connectivity index (χ2n) is 6.19. The minimum atomic E-state index is -1.33. The maximum Gasteiger partial charge on any atom is 0.0684 e. The lowest BCUT2D eigenvalue weighted by atomic mass is 10.2. The Labute approximate surface area is 153 Å². The van der Waals surface area contributed by atoms with E-state index in [2.05, 4.69) is 0 Å². The van der Waals surface area contributed by atoms with Gasteiger partial charge in [-0.1, -0.05) is 35.4 Å². The Balaban J connectivity index is 1.83. The van der Waals surface area contributed by atoms with Crippen LogP contribution in [0.4, 0.5) is 0 Å². The molecule has 6 heteroatoms. The summed E-state index contributed by atoms with van der Waals surface area (Å²) in [5.41, 5.74) is 2.16. The molecule has 2 rings (SSSR count). The number of aliphatic hydroxyl groups excluding tert-OH is 2. The van der Waals surface area contributed by atoms with Gasteiger partial charge in [-0.3, -0.25) is 8.42 Å². The summed E-state index contributed by atoms with van der Waals surface area (Å²) in [4.78, 5) is 1.31. The van der Waals surface area contributed by atoms with E-state index in [0.717, 1.165) is 11.1 Å². The molecule has 0 aromatic heterocycles. The van der Waals surface area contributed by atoms with E-state index in [9.17, 15) is 18.6 Å². The van der Waals surface area contributed by atoms with E-state index < -0.39 is 33.8 Å². The van der Waals surface area contributed by atoms with Crippen LogP contribution in [0.15, 0.2) is 58.3 Å². The Bertz CT molecular complexity index is 663. The van der Waals surface area contributed by atoms with Gasteiger partial charge in [0.05, 0.1) is 45.3 Å². The molecule has 0 bridgehead atoms. The summed E-state index contributed by atoms with van der Waals surface area (Å²) in [5, 5.41) is 20.1. The molecule has 2 unspecified atom stereocenters. The first-order chi connectivity index (χ1) is 11.8. The van der Waals surface area contributed by atoms with Crippen LogP contribution in [0.5, 0.6) is 0 Å². The van der Waals surface area contributed by atoms with Crippen molar-refractivity contribution in [2.24, 2.45) is 0 Å². The molecule has 4 atom stereocenters. The van der Waals surface area contributed by atoms with Crippen LogP contribution in [0.25, 0.3) is 0 Å². The number of aliphatic hydroxyl groups is 2. The lowest BCUT2D eigenvalue weighted by molar-refractivity contribution is 0.106. The molecule has 25 heavy (non-hydrogen) atoms. The second-order valence-corrected chi connectivity index (χ2v) is 9.19. The average Bonchev–Trinajstić information content (AvgIpc) is 2.55. The summed E-state index contributed by atoms with van der Waals surface area (Å²) < 4.78 is 24.5. The van der Waals surface area contributed by atoms with Gasteiger partial charge in [0, 0.05) is 16.2 Å². The topological polar surface area (TPSA) is 74.6 Å². The van der Waals surface area contributed by atoms with Crippen molar-refractivity contribution in [2.45, 2.75) is 42.3 Å². The van der Waals surface area contributed by atoms with Gasteiger partial charge in [0.2, 0.25) is 0 Å². The monoisotopic (exact) mass is 380 g/mol. The molecule has 2 N–H and O–H groups in total. The number of hydrogen-bond donors (Lipinski definition) is 2. The Kier molecular flexibility index (Phi) is 7.50. The Hall–Kier alpha value is -1.34. The van der Waals surface area contributed by atoms with E-state index in [1.54, 1.807) is 24.3 Å². The molecule has 0 saturated carbocycles. The van der Waals surface area contributed by atoms with Crippen LogP contribution < -0.4 is 0 Å². The molecule has 2 aromatic carbocycles. The normalized spacial score (nSPS) is 16.2. The molecule has 0 aliphatic rings. The van der Waals surface area contributed by atoms with Crippen LogP contribution >= 0.6 is 0 Å². The van der Waals surface area contributed by atoms with E-state index in [4.69, 9.17) is 0 Å². The second kappa shape index (κ2) is 9.38. The molecule has 4 nitrogen and oxygen atoms in total. The van der Waals surface area contributed by atoms with Gasteiger partial charge in [-0.2, -0.15) is 0 Å². The summed E-state index contributed by atoms with van der Waals surface area (Å²) in [6.45, 7) is 3.90. The van der Waals surface area contributed by atoms with Crippen molar-refractivity contribution in [3.05, 3.63) is 59.7 Å². The Morgan fingerprint density at radius 1 is 0.720 bits per heavy atom. The molecule has 0 saturated heterocycles. The molecule has 0 aliphatic heterocycles. The highest BCUT2D eigenvalue weighted by Crippen LogP contribution is 2.13. The lowest BCUT2D eigenvalue weighted by Gasteiger charge is -2.15. The van der Waals surface area contributed by atoms with E-state index >= 15 is 0 Å². The van der Waals surface area contributed by atoms with Crippen molar-refractivity contribution in [3.8, 4) is 0 Å². The maximum absolute atomic E-state index is 12.2. The molecule has 0 aliphatic carbocycles. The summed E-state index contributed by atoms with van der Waals surface area (Å²) in [6.07, 6.45) is -1.77. The van der Waals surface area contributed by atoms with Crippen LogP contribution in [-0.4, -0.2) is 42.3 Å². The van der Waals surface area contributed by atoms with Crippen molar-refractivity contribution >= 4 is 21.6 Å². The Morgan fingerprint density at radius 3 is 1.36 bits per heavy atom. The van der Waals surface area contributed by atoms with E-state index in [0.29, 0.717) is 9.79 Å². The summed E-state index contributed by atoms with van der Waals surface area (Å²) in [7, 11) is -2.65. The highest BCUT2D eigenvalue weighted by Gasteiger charge is 2.18. The number of rotatable bonds is 8. The van der Waals surface area contributed by atoms with Crippen molar-refractivity contribution in [1.82, 2.24) is 0 Å². The Morgan fingerprint density at radius 2 is 1.04 bits per heavy atom. The fraction of sp³-hybridized carbons (Fsp3) is 0.368. The molecule has 2 aromatic rings. The highest BCUT2D eigenvalue weighted by atomic mass is 32.2. The third-order valence-corrected chi connectivity index (χ3v) is 6.77. The van der Waals surface area contributed by atoms with Crippen LogP contribution in [0.1, 0.15) is 17.5 Å². The molecule has 0 radical (unpaired) electrons. The van der Waals surface area contributed by atoms with E-state index in [1.807, 2.05) is 38.1 Å². The van der Waals surface area contributed by atoms with Gasteiger partial charge < -0.3 is 10.2 Å². The minimum absolute atomic E-state index is 0.0508. The first kappa shape index (κ1) is 20.0. The van der Waals surface area contributed by atoms with Crippen molar-refractivity contribution < 1.29 is 18.6 Å². The van der Waals surface area contributed by atoms with Crippen molar-refractivity contribution in [2.75, 3.05) is 11.5 Å². The van der Waals surface area contributed by atoms with Gasteiger partial charge in [-0.15, -0.1) is 0 Å². The molecular weight excluding hydrogens is 356 g/mol. The van der Waals surface area contributed by atoms with Crippen LogP contribution in [0, 0.1) is 13.8 Å². The maximum atomic E-state index is 12.2. The third kappa shape index (κ3) is 6.47.